The number of aldehydes is 1. The summed E-state index contributed by atoms with van der Waals surface area (Å²) in [6, 6.07) is 14.8. The Morgan fingerprint density at radius 2 is 1.93 bits per heavy atom. The molecule has 28 heavy (non-hydrogen) atoms. The second-order valence-electron chi connectivity index (χ2n) is 6.40. The number of aromatic nitrogens is 5. The smallest absolute Gasteiger partial charge is 0.214 e. The van der Waals surface area contributed by atoms with Gasteiger partial charge in [-0.3, -0.25) is 9.59 Å². The van der Waals surface area contributed by atoms with Crippen molar-refractivity contribution in [3.8, 4) is 5.69 Å². The maximum atomic E-state index is 12.9. The molecule has 3 aromatic heterocycles. The molecule has 0 spiro atoms. The molecule has 0 saturated heterocycles. The van der Waals surface area contributed by atoms with Gasteiger partial charge in [-0.05, 0) is 30.3 Å². The third-order valence-corrected chi connectivity index (χ3v) is 4.67. The van der Waals surface area contributed by atoms with E-state index in [4.69, 9.17) is 5.73 Å². The fraction of sp³-hybridized carbons (Fsp3) is 0. The van der Waals surface area contributed by atoms with E-state index in [1.165, 1.54) is 10.9 Å². The van der Waals surface area contributed by atoms with Crippen LogP contribution in [0.2, 0.25) is 0 Å². The number of benzene rings is 2. The number of rotatable bonds is 4. The summed E-state index contributed by atoms with van der Waals surface area (Å²) in [6.07, 6.45) is 2.10. The summed E-state index contributed by atoms with van der Waals surface area (Å²) in [6.45, 7) is 0. The number of hydrogen-bond donors (Lipinski definition) is 3. The number of nitrogens with one attached hydrogen (secondary N) is 2. The van der Waals surface area contributed by atoms with E-state index in [-0.39, 0.29) is 17.4 Å². The van der Waals surface area contributed by atoms with E-state index in [1.54, 1.807) is 24.3 Å². The average Bonchev–Trinajstić information content (AvgIpc) is 3.42. The molecule has 0 aliphatic heterocycles. The van der Waals surface area contributed by atoms with Crippen molar-refractivity contribution in [3.63, 3.8) is 0 Å². The van der Waals surface area contributed by atoms with Gasteiger partial charge in [0.05, 0.1) is 34.2 Å². The van der Waals surface area contributed by atoms with E-state index in [9.17, 15) is 9.59 Å². The summed E-state index contributed by atoms with van der Waals surface area (Å²) in [5.41, 5.74) is 9.84. The molecule has 0 aliphatic rings. The van der Waals surface area contributed by atoms with Gasteiger partial charge in [-0.2, -0.15) is 5.10 Å². The highest BCUT2D eigenvalue weighted by atomic mass is 16.1. The lowest BCUT2D eigenvalue weighted by Gasteiger charge is -2.04. The molecule has 0 aliphatic carbocycles. The van der Waals surface area contributed by atoms with Crippen LogP contribution in [-0.4, -0.2) is 36.8 Å². The Morgan fingerprint density at radius 3 is 2.75 bits per heavy atom. The number of nitrogens with two attached hydrogens (primary N) is 1. The molecule has 136 valence electrons. The number of anilines is 1. The first-order valence-electron chi connectivity index (χ1n) is 8.55. The number of carbonyl (C=O) groups excluding carboxylic acids is 2. The number of H-pyrrole nitrogens is 2. The van der Waals surface area contributed by atoms with E-state index in [0.29, 0.717) is 28.7 Å². The second kappa shape index (κ2) is 5.92. The van der Waals surface area contributed by atoms with Crippen molar-refractivity contribution < 1.29 is 9.59 Å². The number of para-hydroxylation sites is 1. The van der Waals surface area contributed by atoms with E-state index in [0.717, 1.165) is 16.4 Å². The van der Waals surface area contributed by atoms with E-state index in [1.807, 2.05) is 24.3 Å². The molecule has 0 radical (unpaired) electrons. The highest BCUT2D eigenvalue weighted by Gasteiger charge is 2.19. The zero-order valence-corrected chi connectivity index (χ0v) is 14.5. The minimum atomic E-state index is -0.232. The summed E-state index contributed by atoms with van der Waals surface area (Å²) >= 11 is 0. The Labute approximate surface area is 158 Å². The Kier molecular flexibility index (Phi) is 3.38. The lowest BCUT2D eigenvalue weighted by molar-refractivity contribution is 0.103. The predicted molar refractivity (Wildman–Crippen MR) is 105 cm³/mol. The summed E-state index contributed by atoms with van der Waals surface area (Å²) in [4.78, 5) is 34.0. The molecule has 0 saturated carbocycles. The first-order valence-corrected chi connectivity index (χ1v) is 8.55. The average molecular weight is 370 g/mol. The minimum Gasteiger partial charge on any atom is -0.383 e. The normalized spacial score (nSPS) is 11.3. The molecule has 0 unspecified atom stereocenters. The standard InChI is InChI=1S/C20H14N6O2/c21-20-13(19(28)17-7-11-3-1-2-4-14(11)23-17)9-22-26(20)12-5-6-15-16(8-12)25-18(10-27)24-15/h1-10,23H,21H2,(H,24,25). The van der Waals surface area contributed by atoms with Gasteiger partial charge in [-0.15, -0.1) is 0 Å². The quantitative estimate of drug-likeness (QED) is 0.332. The molecular weight excluding hydrogens is 356 g/mol. The highest BCUT2D eigenvalue weighted by Crippen LogP contribution is 2.24. The third kappa shape index (κ3) is 2.39. The summed E-state index contributed by atoms with van der Waals surface area (Å²) in [7, 11) is 0. The van der Waals surface area contributed by atoms with Crippen molar-refractivity contribution in [1.29, 1.82) is 0 Å². The van der Waals surface area contributed by atoms with Crippen LogP contribution < -0.4 is 5.73 Å². The van der Waals surface area contributed by atoms with E-state index < -0.39 is 0 Å². The maximum Gasteiger partial charge on any atom is 0.214 e. The van der Waals surface area contributed by atoms with Crippen molar-refractivity contribution in [2.75, 3.05) is 5.73 Å². The largest absolute Gasteiger partial charge is 0.383 e. The number of nitrogens with zero attached hydrogens (tertiary/aromatic N) is 3. The molecular formula is C20H14N6O2. The van der Waals surface area contributed by atoms with Crippen LogP contribution in [0.5, 0.6) is 0 Å². The van der Waals surface area contributed by atoms with Crippen LogP contribution in [0.3, 0.4) is 0 Å². The van der Waals surface area contributed by atoms with Crippen LogP contribution >= 0.6 is 0 Å². The molecule has 5 aromatic rings. The zero-order chi connectivity index (χ0) is 19.3. The van der Waals surface area contributed by atoms with Crippen LogP contribution in [0.4, 0.5) is 5.82 Å². The number of aromatic amines is 2. The molecule has 0 amide bonds. The van der Waals surface area contributed by atoms with E-state index >= 15 is 0 Å². The van der Waals surface area contributed by atoms with Gasteiger partial charge in [-0.25, -0.2) is 9.67 Å². The minimum absolute atomic E-state index is 0.231. The molecule has 0 fully saturated rings. The van der Waals surface area contributed by atoms with Crippen molar-refractivity contribution in [1.82, 2.24) is 24.7 Å². The second-order valence-corrected chi connectivity index (χ2v) is 6.40. The van der Waals surface area contributed by atoms with Crippen molar-refractivity contribution in [2.24, 2.45) is 0 Å². The van der Waals surface area contributed by atoms with Gasteiger partial charge in [0, 0.05) is 10.9 Å². The first kappa shape index (κ1) is 16.0. The van der Waals surface area contributed by atoms with Crippen molar-refractivity contribution >= 4 is 39.8 Å². The Bertz CT molecular complexity index is 1340. The fourth-order valence-electron chi connectivity index (χ4n) is 3.28. The van der Waals surface area contributed by atoms with Gasteiger partial charge in [0.15, 0.2) is 12.1 Å². The molecule has 8 nitrogen and oxygen atoms in total. The zero-order valence-electron chi connectivity index (χ0n) is 14.5. The Hall–Kier alpha value is -4.20. The Morgan fingerprint density at radius 1 is 1.07 bits per heavy atom. The molecule has 8 heteroatoms. The lowest BCUT2D eigenvalue weighted by atomic mass is 10.1. The van der Waals surface area contributed by atoms with Crippen molar-refractivity contribution in [3.05, 3.63) is 71.8 Å². The number of imidazole rings is 1. The summed E-state index contributed by atoms with van der Waals surface area (Å²) in [5.74, 6) is 0.244. The summed E-state index contributed by atoms with van der Waals surface area (Å²) < 4.78 is 1.48. The first-order chi connectivity index (χ1) is 13.6. The Balaban J connectivity index is 1.55. The van der Waals surface area contributed by atoms with Gasteiger partial charge in [-0.1, -0.05) is 18.2 Å². The number of fused-ring (bicyclic) bond motifs is 2. The van der Waals surface area contributed by atoms with Gasteiger partial charge >= 0.3 is 0 Å². The molecule has 0 bridgehead atoms. The molecule has 3 heterocycles. The maximum absolute atomic E-state index is 12.9. The van der Waals surface area contributed by atoms with Gasteiger partial charge in [0.1, 0.15) is 5.82 Å². The molecule has 2 aromatic carbocycles. The van der Waals surface area contributed by atoms with Crippen LogP contribution in [0.25, 0.3) is 27.6 Å². The number of nitrogen functional groups attached to an aromatic ring is 1. The van der Waals surface area contributed by atoms with Gasteiger partial charge in [0.25, 0.3) is 0 Å². The predicted octanol–water partition coefficient (Wildman–Crippen LogP) is 2.86. The fourth-order valence-corrected chi connectivity index (χ4v) is 3.28. The molecule has 4 N–H and O–H groups in total. The number of hydrogen-bond acceptors (Lipinski definition) is 5. The third-order valence-electron chi connectivity index (χ3n) is 4.67. The summed E-state index contributed by atoms with van der Waals surface area (Å²) in [5, 5.41) is 5.22. The topological polar surface area (TPSA) is 122 Å². The monoisotopic (exact) mass is 370 g/mol. The van der Waals surface area contributed by atoms with E-state index in [2.05, 4.69) is 20.1 Å². The van der Waals surface area contributed by atoms with Gasteiger partial charge in [0.2, 0.25) is 5.78 Å². The lowest BCUT2D eigenvalue weighted by Crippen LogP contribution is -2.07. The van der Waals surface area contributed by atoms with Crippen LogP contribution in [0.15, 0.2) is 54.7 Å². The molecule has 5 rings (SSSR count). The molecule has 0 atom stereocenters. The number of ketones is 1. The van der Waals surface area contributed by atoms with Crippen LogP contribution in [-0.2, 0) is 0 Å². The van der Waals surface area contributed by atoms with Crippen molar-refractivity contribution in [2.45, 2.75) is 0 Å². The van der Waals surface area contributed by atoms with Gasteiger partial charge < -0.3 is 15.7 Å². The number of carbonyl (C=O) groups is 2. The highest BCUT2D eigenvalue weighted by molar-refractivity contribution is 6.12. The SMILES string of the molecule is Nc1c(C(=O)c2cc3ccccc3[nH]2)cnn1-c1ccc2[nH]c(C=O)nc2c1. The van der Waals surface area contributed by atoms with Crippen LogP contribution in [0.1, 0.15) is 26.7 Å². The van der Waals surface area contributed by atoms with Crippen LogP contribution in [0, 0.1) is 0 Å².